The fourth-order valence-electron chi connectivity index (χ4n) is 1.76. The number of sulfonamides is 1. The van der Waals surface area contributed by atoms with E-state index in [-0.39, 0.29) is 17.1 Å². The predicted octanol–water partition coefficient (Wildman–Crippen LogP) is 1.80. The summed E-state index contributed by atoms with van der Waals surface area (Å²) >= 11 is 6.06. The highest BCUT2D eigenvalue weighted by Crippen LogP contribution is 2.26. The van der Waals surface area contributed by atoms with Crippen LogP contribution in [0.2, 0.25) is 5.02 Å². The van der Waals surface area contributed by atoms with E-state index in [9.17, 15) is 8.42 Å². The van der Waals surface area contributed by atoms with Crippen molar-refractivity contribution in [2.24, 2.45) is 0 Å². The number of nitrogens with one attached hydrogen (secondary N) is 1. The number of ether oxygens (including phenoxy) is 1. The van der Waals surface area contributed by atoms with Gasteiger partial charge >= 0.3 is 0 Å². The minimum absolute atomic E-state index is 0.0144. The zero-order valence-corrected chi connectivity index (χ0v) is 12.8. The van der Waals surface area contributed by atoms with Crippen LogP contribution in [0.3, 0.4) is 0 Å². The number of halogens is 1. The van der Waals surface area contributed by atoms with E-state index in [4.69, 9.17) is 22.1 Å². The number of pyridine rings is 1. The third kappa shape index (κ3) is 3.44. The van der Waals surface area contributed by atoms with Crippen molar-refractivity contribution < 1.29 is 13.2 Å². The highest BCUT2D eigenvalue weighted by Gasteiger charge is 2.19. The maximum absolute atomic E-state index is 12.2. The average Bonchev–Trinajstić information content (AvgIpc) is 2.46. The molecule has 0 radical (unpaired) electrons. The van der Waals surface area contributed by atoms with Crippen LogP contribution >= 0.6 is 11.6 Å². The van der Waals surface area contributed by atoms with E-state index in [2.05, 4.69) is 9.71 Å². The molecule has 21 heavy (non-hydrogen) atoms. The molecule has 0 aliphatic heterocycles. The van der Waals surface area contributed by atoms with Crippen LogP contribution in [0.1, 0.15) is 5.56 Å². The summed E-state index contributed by atoms with van der Waals surface area (Å²) in [5.74, 6) is 0.504. The number of nitrogen functional groups attached to an aromatic ring is 1. The lowest BCUT2D eigenvalue weighted by Crippen LogP contribution is -2.24. The molecule has 0 amide bonds. The lowest BCUT2D eigenvalue weighted by molar-refractivity contribution is 0.409. The third-order valence-electron chi connectivity index (χ3n) is 2.84. The van der Waals surface area contributed by atoms with E-state index in [1.165, 1.54) is 25.6 Å². The van der Waals surface area contributed by atoms with Crippen molar-refractivity contribution in [3.05, 3.63) is 47.2 Å². The average molecular weight is 328 g/mol. The Hall–Kier alpha value is -1.83. The SMILES string of the molecule is COc1cccc(Cl)c1CNS(=O)(=O)c1cnccc1N. The Balaban J connectivity index is 2.26. The van der Waals surface area contributed by atoms with E-state index in [1.807, 2.05) is 0 Å². The van der Waals surface area contributed by atoms with Crippen molar-refractivity contribution in [1.82, 2.24) is 9.71 Å². The van der Waals surface area contributed by atoms with Crippen molar-refractivity contribution >= 4 is 27.3 Å². The summed E-state index contributed by atoms with van der Waals surface area (Å²) in [4.78, 5) is 3.70. The zero-order chi connectivity index (χ0) is 15.5. The summed E-state index contributed by atoms with van der Waals surface area (Å²) in [6, 6.07) is 6.50. The molecule has 0 bridgehead atoms. The number of nitrogens with two attached hydrogens (primary N) is 1. The number of hydrogen-bond acceptors (Lipinski definition) is 5. The molecule has 0 aliphatic carbocycles. The molecule has 0 unspecified atom stereocenters. The first-order valence-corrected chi connectivity index (χ1v) is 7.82. The summed E-state index contributed by atoms with van der Waals surface area (Å²) in [5, 5.41) is 0.413. The van der Waals surface area contributed by atoms with Crippen LogP contribution in [-0.4, -0.2) is 20.5 Å². The van der Waals surface area contributed by atoms with E-state index < -0.39 is 10.0 Å². The van der Waals surface area contributed by atoms with Crippen LogP contribution in [0.15, 0.2) is 41.6 Å². The molecule has 0 spiro atoms. The Labute approximate surface area is 128 Å². The lowest BCUT2D eigenvalue weighted by atomic mass is 10.2. The number of anilines is 1. The Kier molecular flexibility index (Phi) is 4.66. The van der Waals surface area contributed by atoms with Crippen molar-refractivity contribution in [1.29, 1.82) is 0 Å². The molecule has 2 aromatic rings. The fourth-order valence-corrected chi connectivity index (χ4v) is 3.06. The molecule has 1 heterocycles. The highest BCUT2D eigenvalue weighted by atomic mass is 35.5. The first-order chi connectivity index (χ1) is 9.95. The Bertz CT molecular complexity index is 750. The molecule has 0 aliphatic rings. The number of aromatic nitrogens is 1. The topological polar surface area (TPSA) is 94.3 Å². The van der Waals surface area contributed by atoms with Gasteiger partial charge in [-0.25, -0.2) is 13.1 Å². The van der Waals surface area contributed by atoms with Gasteiger partial charge < -0.3 is 10.5 Å². The first kappa shape index (κ1) is 15.6. The van der Waals surface area contributed by atoms with E-state index in [1.54, 1.807) is 18.2 Å². The van der Waals surface area contributed by atoms with Crippen LogP contribution in [0, 0.1) is 0 Å². The monoisotopic (exact) mass is 327 g/mol. The van der Waals surface area contributed by atoms with Gasteiger partial charge in [0, 0.05) is 29.5 Å². The van der Waals surface area contributed by atoms with Gasteiger partial charge in [0.2, 0.25) is 10.0 Å². The van der Waals surface area contributed by atoms with Gasteiger partial charge in [0.25, 0.3) is 0 Å². The van der Waals surface area contributed by atoms with Gasteiger partial charge in [0.1, 0.15) is 10.6 Å². The molecule has 2 rings (SSSR count). The second kappa shape index (κ2) is 6.30. The predicted molar refractivity (Wildman–Crippen MR) is 80.7 cm³/mol. The van der Waals surface area contributed by atoms with Gasteiger partial charge in [-0.1, -0.05) is 17.7 Å². The van der Waals surface area contributed by atoms with E-state index >= 15 is 0 Å². The molecule has 0 fully saturated rings. The highest BCUT2D eigenvalue weighted by molar-refractivity contribution is 7.89. The Morgan fingerprint density at radius 3 is 2.81 bits per heavy atom. The summed E-state index contributed by atoms with van der Waals surface area (Å²) in [7, 11) is -2.29. The van der Waals surface area contributed by atoms with Gasteiger partial charge in [-0.15, -0.1) is 0 Å². The normalized spacial score (nSPS) is 11.3. The van der Waals surface area contributed by atoms with Gasteiger partial charge in [-0.05, 0) is 18.2 Å². The molecular weight excluding hydrogens is 314 g/mol. The van der Waals surface area contributed by atoms with Crippen LogP contribution in [-0.2, 0) is 16.6 Å². The smallest absolute Gasteiger partial charge is 0.244 e. The third-order valence-corrected chi connectivity index (χ3v) is 4.64. The van der Waals surface area contributed by atoms with Gasteiger partial charge in [-0.2, -0.15) is 0 Å². The molecule has 1 aromatic heterocycles. The Morgan fingerprint density at radius 2 is 2.14 bits per heavy atom. The molecule has 0 saturated carbocycles. The van der Waals surface area contributed by atoms with Crippen molar-refractivity contribution in [3.8, 4) is 5.75 Å². The molecule has 3 N–H and O–H groups in total. The molecular formula is C13H14ClN3O3S. The maximum atomic E-state index is 12.2. The van der Waals surface area contributed by atoms with E-state index in [0.717, 1.165) is 0 Å². The largest absolute Gasteiger partial charge is 0.496 e. The van der Waals surface area contributed by atoms with Crippen molar-refractivity contribution in [2.75, 3.05) is 12.8 Å². The number of methoxy groups -OCH3 is 1. The number of benzene rings is 1. The molecule has 1 aromatic carbocycles. The second-order valence-electron chi connectivity index (χ2n) is 4.16. The van der Waals surface area contributed by atoms with Crippen LogP contribution in [0.4, 0.5) is 5.69 Å². The van der Waals surface area contributed by atoms with Crippen LogP contribution in [0.5, 0.6) is 5.75 Å². The standard InChI is InChI=1S/C13H14ClN3O3S/c1-20-12-4-2-3-10(14)9(12)7-17-21(18,19)13-8-16-6-5-11(13)15/h2-6,8,17H,7H2,1H3,(H2,15,16). The van der Waals surface area contributed by atoms with Gasteiger partial charge in [0.15, 0.2) is 0 Å². The first-order valence-electron chi connectivity index (χ1n) is 5.96. The second-order valence-corrected chi connectivity index (χ2v) is 6.30. The van der Waals surface area contributed by atoms with Crippen molar-refractivity contribution in [3.63, 3.8) is 0 Å². The number of nitrogens with zero attached hydrogens (tertiary/aromatic N) is 1. The molecule has 8 heteroatoms. The zero-order valence-electron chi connectivity index (χ0n) is 11.2. The van der Waals surface area contributed by atoms with E-state index in [0.29, 0.717) is 16.3 Å². The van der Waals surface area contributed by atoms with Crippen LogP contribution < -0.4 is 15.2 Å². The van der Waals surface area contributed by atoms with Gasteiger partial charge in [-0.3, -0.25) is 4.98 Å². The van der Waals surface area contributed by atoms with Gasteiger partial charge in [0.05, 0.1) is 12.8 Å². The number of hydrogen-bond donors (Lipinski definition) is 2. The quantitative estimate of drug-likeness (QED) is 0.873. The maximum Gasteiger partial charge on any atom is 0.244 e. The lowest BCUT2D eigenvalue weighted by Gasteiger charge is -2.12. The minimum atomic E-state index is -3.78. The summed E-state index contributed by atoms with van der Waals surface area (Å²) < 4.78 is 32.0. The molecule has 6 nitrogen and oxygen atoms in total. The fraction of sp³-hybridized carbons (Fsp3) is 0.154. The van der Waals surface area contributed by atoms with Crippen LogP contribution in [0.25, 0.3) is 0 Å². The summed E-state index contributed by atoms with van der Waals surface area (Å²) in [6.07, 6.45) is 2.62. The number of rotatable bonds is 5. The molecule has 112 valence electrons. The Morgan fingerprint density at radius 1 is 1.38 bits per heavy atom. The van der Waals surface area contributed by atoms with Crippen molar-refractivity contribution in [2.45, 2.75) is 11.4 Å². The minimum Gasteiger partial charge on any atom is -0.496 e. The summed E-state index contributed by atoms with van der Waals surface area (Å²) in [5.41, 5.74) is 6.33. The molecule has 0 saturated heterocycles. The summed E-state index contributed by atoms with van der Waals surface area (Å²) in [6.45, 7) is -0.0144. The molecule has 0 atom stereocenters.